The zero-order chi connectivity index (χ0) is 9.52. The van der Waals surface area contributed by atoms with E-state index in [1.165, 1.54) is 11.3 Å². The maximum atomic E-state index is 4.31. The molecule has 0 unspecified atom stereocenters. The molecule has 1 aromatic heterocycles. The van der Waals surface area contributed by atoms with Crippen LogP contribution in [0, 0.1) is 6.92 Å². The second-order valence-electron chi connectivity index (χ2n) is 4.14. The van der Waals surface area contributed by atoms with E-state index in [-0.39, 0.29) is 5.41 Å². The first-order valence-corrected chi connectivity index (χ1v) is 4.83. The molecule has 0 spiro atoms. The van der Waals surface area contributed by atoms with Gasteiger partial charge in [-0.3, -0.25) is 4.68 Å². The van der Waals surface area contributed by atoms with Crippen LogP contribution in [0.2, 0.25) is 0 Å². The molecule has 1 rings (SSSR count). The molecule has 0 amide bonds. The van der Waals surface area contributed by atoms with Gasteiger partial charge in [0.05, 0.1) is 0 Å². The molecule has 2 nitrogen and oxygen atoms in total. The summed E-state index contributed by atoms with van der Waals surface area (Å²) in [7, 11) is 1.98. The highest BCUT2D eigenvalue weighted by Crippen LogP contribution is 2.28. The van der Waals surface area contributed by atoms with E-state index in [1.54, 1.807) is 0 Å². The Morgan fingerprint density at radius 2 is 1.83 bits per heavy atom. The monoisotopic (exact) mass is 230 g/mol. The Morgan fingerprint density at radius 3 is 2.00 bits per heavy atom. The lowest BCUT2D eigenvalue weighted by molar-refractivity contribution is 0.520. The normalized spacial score (nSPS) is 12.2. The summed E-state index contributed by atoms with van der Waals surface area (Å²) < 4.78 is 2.90. The topological polar surface area (TPSA) is 17.8 Å². The molecule has 1 heterocycles. The number of aryl methyl sites for hydroxylation is 1. The molecule has 0 saturated heterocycles. The van der Waals surface area contributed by atoms with Crippen molar-refractivity contribution in [2.75, 3.05) is 0 Å². The Balaban J connectivity index is 3.32. The number of hydrogen-bond acceptors (Lipinski definition) is 1. The SMILES string of the molecule is Cc1c(Br)nn(C)c1C(C)(C)C. The Hall–Kier alpha value is -0.310. The standard InChI is InChI=1S/C9H15BrN2/c1-6-7(9(2,3)4)12(5)11-8(6)10/h1-5H3. The maximum Gasteiger partial charge on any atom is 0.131 e. The van der Waals surface area contributed by atoms with Gasteiger partial charge in [-0.1, -0.05) is 20.8 Å². The largest absolute Gasteiger partial charge is 0.271 e. The average Bonchev–Trinajstić information content (AvgIpc) is 2.05. The molecular formula is C9H15BrN2. The van der Waals surface area contributed by atoms with Gasteiger partial charge in [0.15, 0.2) is 0 Å². The highest BCUT2D eigenvalue weighted by Gasteiger charge is 2.22. The van der Waals surface area contributed by atoms with Crippen LogP contribution in [0.25, 0.3) is 0 Å². The molecular weight excluding hydrogens is 216 g/mol. The second kappa shape index (κ2) is 2.87. The van der Waals surface area contributed by atoms with E-state index in [0.717, 1.165) is 4.60 Å². The van der Waals surface area contributed by atoms with Crippen molar-refractivity contribution in [2.45, 2.75) is 33.1 Å². The molecule has 0 aromatic carbocycles. The first-order chi connectivity index (χ1) is 5.34. The van der Waals surface area contributed by atoms with E-state index in [0.29, 0.717) is 0 Å². The molecule has 0 radical (unpaired) electrons. The number of nitrogens with zero attached hydrogens (tertiary/aromatic N) is 2. The van der Waals surface area contributed by atoms with Crippen LogP contribution in [0.1, 0.15) is 32.0 Å². The van der Waals surface area contributed by atoms with E-state index in [9.17, 15) is 0 Å². The number of halogens is 1. The van der Waals surface area contributed by atoms with E-state index < -0.39 is 0 Å². The van der Waals surface area contributed by atoms with Gasteiger partial charge in [0.25, 0.3) is 0 Å². The van der Waals surface area contributed by atoms with E-state index >= 15 is 0 Å². The molecule has 0 fully saturated rings. The van der Waals surface area contributed by atoms with E-state index in [2.05, 4.69) is 48.7 Å². The first-order valence-electron chi connectivity index (χ1n) is 4.03. The van der Waals surface area contributed by atoms with Crippen molar-refractivity contribution < 1.29 is 0 Å². The van der Waals surface area contributed by atoms with Gasteiger partial charge in [0.1, 0.15) is 4.60 Å². The zero-order valence-electron chi connectivity index (χ0n) is 8.27. The smallest absolute Gasteiger partial charge is 0.131 e. The minimum absolute atomic E-state index is 0.165. The highest BCUT2D eigenvalue weighted by molar-refractivity contribution is 9.10. The fraction of sp³-hybridized carbons (Fsp3) is 0.667. The van der Waals surface area contributed by atoms with Crippen LogP contribution in [0.3, 0.4) is 0 Å². The van der Waals surface area contributed by atoms with E-state index in [1.807, 2.05) is 11.7 Å². The summed E-state index contributed by atoms with van der Waals surface area (Å²) in [5.41, 5.74) is 2.69. The third-order valence-corrected chi connectivity index (χ3v) is 2.69. The molecule has 1 aromatic rings. The number of rotatable bonds is 0. The Kier molecular flexibility index (Phi) is 2.34. The average molecular weight is 231 g/mol. The minimum Gasteiger partial charge on any atom is -0.271 e. The lowest BCUT2D eigenvalue weighted by Gasteiger charge is -2.19. The van der Waals surface area contributed by atoms with E-state index in [4.69, 9.17) is 0 Å². The van der Waals surface area contributed by atoms with Crippen LogP contribution in [0.4, 0.5) is 0 Å². The number of aromatic nitrogens is 2. The van der Waals surface area contributed by atoms with Gasteiger partial charge in [-0.2, -0.15) is 5.10 Å². The molecule has 68 valence electrons. The fourth-order valence-electron chi connectivity index (χ4n) is 1.65. The van der Waals surface area contributed by atoms with Crippen molar-refractivity contribution in [1.82, 2.24) is 9.78 Å². The minimum atomic E-state index is 0.165. The van der Waals surface area contributed by atoms with Gasteiger partial charge >= 0.3 is 0 Å². The van der Waals surface area contributed by atoms with Crippen molar-refractivity contribution >= 4 is 15.9 Å². The summed E-state index contributed by atoms with van der Waals surface area (Å²) in [6.45, 7) is 8.69. The van der Waals surface area contributed by atoms with Crippen molar-refractivity contribution in [3.05, 3.63) is 15.9 Å². The van der Waals surface area contributed by atoms with Gasteiger partial charge < -0.3 is 0 Å². The molecule has 0 saturated carbocycles. The summed E-state index contributed by atoms with van der Waals surface area (Å²) in [5.74, 6) is 0. The summed E-state index contributed by atoms with van der Waals surface area (Å²) in [4.78, 5) is 0. The summed E-state index contributed by atoms with van der Waals surface area (Å²) in [6.07, 6.45) is 0. The van der Waals surface area contributed by atoms with Crippen LogP contribution in [0.5, 0.6) is 0 Å². The van der Waals surface area contributed by atoms with Crippen LogP contribution in [0.15, 0.2) is 4.60 Å². The summed E-state index contributed by atoms with van der Waals surface area (Å²) in [6, 6.07) is 0. The van der Waals surface area contributed by atoms with Crippen molar-refractivity contribution in [2.24, 2.45) is 7.05 Å². The zero-order valence-corrected chi connectivity index (χ0v) is 9.86. The van der Waals surface area contributed by atoms with Crippen molar-refractivity contribution in [1.29, 1.82) is 0 Å². The Morgan fingerprint density at radius 1 is 1.33 bits per heavy atom. The summed E-state index contributed by atoms with van der Waals surface area (Å²) in [5, 5.41) is 4.31. The molecule has 0 N–H and O–H groups in total. The first kappa shape index (κ1) is 9.78. The molecule has 0 aliphatic rings. The molecule has 12 heavy (non-hydrogen) atoms. The van der Waals surface area contributed by atoms with Gasteiger partial charge in [0.2, 0.25) is 0 Å². The third-order valence-electron chi connectivity index (χ3n) is 1.94. The van der Waals surface area contributed by atoms with Gasteiger partial charge in [-0.05, 0) is 22.9 Å². The van der Waals surface area contributed by atoms with Gasteiger partial charge in [-0.15, -0.1) is 0 Å². The van der Waals surface area contributed by atoms with Crippen LogP contribution < -0.4 is 0 Å². The van der Waals surface area contributed by atoms with Gasteiger partial charge in [0, 0.05) is 23.7 Å². The molecule has 0 atom stereocenters. The van der Waals surface area contributed by atoms with Crippen LogP contribution in [-0.4, -0.2) is 9.78 Å². The third kappa shape index (κ3) is 1.56. The van der Waals surface area contributed by atoms with Crippen molar-refractivity contribution in [3.63, 3.8) is 0 Å². The lowest BCUT2D eigenvalue weighted by atomic mass is 9.90. The fourth-order valence-corrected chi connectivity index (χ4v) is 2.07. The van der Waals surface area contributed by atoms with Crippen molar-refractivity contribution in [3.8, 4) is 0 Å². The van der Waals surface area contributed by atoms with Crippen LogP contribution in [-0.2, 0) is 12.5 Å². The number of hydrogen-bond donors (Lipinski definition) is 0. The van der Waals surface area contributed by atoms with Crippen LogP contribution >= 0.6 is 15.9 Å². The highest BCUT2D eigenvalue weighted by atomic mass is 79.9. The predicted octanol–water partition coefficient (Wildman–Crippen LogP) is 2.79. The molecule has 0 aliphatic carbocycles. The molecule has 0 aliphatic heterocycles. The molecule has 3 heteroatoms. The second-order valence-corrected chi connectivity index (χ2v) is 4.89. The lowest BCUT2D eigenvalue weighted by Crippen LogP contribution is -2.17. The Bertz CT molecular complexity index is 294. The van der Waals surface area contributed by atoms with Gasteiger partial charge in [-0.25, -0.2) is 0 Å². The quantitative estimate of drug-likeness (QED) is 0.671. The Labute approximate surface area is 82.1 Å². The molecule has 0 bridgehead atoms. The summed E-state index contributed by atoms with van der Waals surface area (Å²) >= 11 is 3.43. The maximum absolute atomic E-state index is 4.31. The predicted molar refractivity (Wildman–Crippen MR) is 54.3 cm³/mol.